The van der Waals surface area contributed by atoms with Crippen LogP contribution in [0.15, 0.2) is 10.9 Å². The summed E-state index contributed by atoms with van der Waals surface area (Å²) in [6.45, 7) is 4.75. The predicted octanol–water partition coefficient (Wildman–Crippen LogP) is 1.15. The highest BCUT2D eigenvalue weighted by atomic mass is 16.1. The van der Waals surface area contributed by atoms with Crippen molar-refractivity contribution >= 4 is 0 Å². The van der Waals surface area contributed by atoms with Crippen LogP contribution in [0.25, 0.3) is 0 Å². The molecule has 0 saturated heterocycles. The molecule has 0 atom stereocenters. The van der Waals surface area contributed by atoms with Crippen LogP contribution in [0.1, 0.15) is 44.1 Å². The maximum atomic E-state index is 11.4. The number of nitrogens with one attached hydrogen (secondary N) is 2. The Morgan fingerprint density at radius 2 is 2.33 bits per heavy atom. The summed E-state index contributed by atoms with van der Waals surface area (Å²) in [6, 6.07) is 2.21. The fourth-order valence-electron chi connectivity index (χ4n) is 1.44. The number of nitrogens with zero attached hydrogens (tertiary/aromatic N) is 1. The highest BCUT2D eigenvalue weighted by molar-refractivity contribution is 5.07. The average Bonchev–Trinajstić information content (AvgIpc) is 2.97. The van der Waals surface area contributed by atoms with Crippen LogP contribution in [0.5, 0.6) is 0 Å². The lowest BCUT2D eigenvalue weighted by atomic mass is 10.1. The Kier molecular flexibility index (Phi) is 2.86. The van der Waals surface area contributed by atoms with Gasteiger partial charge in [-0.15, -0.1) is 0 Å². The van der Waals surface area contributed by atoms with Crippen molar-refractivity contribution in [1.29, 1.82) is 0 Å². The van der Waals surface area contributed by atoms with Crippen LogP contribution >= 0.6 is 0 Å². The maximum absolute atomic E-state index is 11.4. The Labute approximate surface area is 89.1 Å². The van der Waals surface area contributed by atoms with E-state index >= 15 is 0 Å². The van der Waals surface area contributed by atoms with Gasteiger partial charge < -0.3 is 10.3 Å². The van der Waals surface area contributed by atoms with Crippen molar-refractivity contribution in [2.45, 2.75) is 45.2 Å². The van der Waals surface area contributed by atoms with Gasteiger partial charge in [0.1, 0.15) is 5.82 Å². The van der Waals surface area contributed by atoms with Gasteiger partial charge in [0.25, 0.3) is 5.56 Å². The molecule has 82 valence electrons. The molecule has 0 bridgehead atoms. The Morgan fingerprint density at radius 3 is 2.93 bits per heavy atom. The van der Waals surface area contributed by atoms with E-state index in [4.69, 9.17) is 0 Å². The molecule has 0 spiro atoms. The highest BCUT2D eigenvalue weighted by Crippen LogP contribution is 2.18. The summed E-state index contributed by atoms with van der Waals surface area (Å²) in [5, 5.41) is 3.33. The molecule has 1 heterocycles. The standard InChI is InChI=1S/C11H17N3O/c1-7(2)9-5-11(15)14-10(13-9)6-12-8-3-4-8/h5,7-8,12H,3-4,6H2,1-2H3,(H,13,14,15). The maximum Gasteiger partial charge on any atom is 0.251 e. The molecule has 1 aromatic heterocycles. The van der Waals surface area contributed by atoms with Gasteiger partial charge >= 0.3 is 0 Å². The molecule has 0 aliphatic heterocycles. The number of H-pyrrole nitrogens is 1. The minimum Gasteiger partial charge on any atom is -0.309 e. The van der Waals surface area contributed by atoms with Gasteiger partial charge in [-0.1, -0.05) is 13.8 Å². The van der Waals surface area contributed by atoms with E-state index in [1.165, 1.54) is 12.8 Å². The lowest BCUT2D eigenvalue weighted by Crippen LogP contribution is -2.21. The third-order valence-corrected chi connectivity index (χ3v) is 2.54. The molecule has 0 unspecified atom stereocenters. The van der Waals surface area contributed by atoms with Crippen molar-refractivity contribution < 1.29 is 0 Å². The third-order valence-electron chi connectivity index (χ3n) is 2.54. The van der Waals surface area contributed by atoms with E-state index in [1.807, 2.05) is 13.8 Å². The summed E-state index contributed by atoms with van der Waals surface area (Å²) in [4.78, 5) is 18.5. The van der Waals surface area contributed by atoms with Crippen molar-refractivity contribution in [3.05, 3.63) is 27.9 Å². The van der Waals surface area contributed by atoms with Crippen LogP contribution in [0.4, 0.5) is 0 Å². The van der Waals surface area contributed by atoms with Crippen LogP contribution in [0.2, 0.25) is 0 Å². The second-order valence-corrected chi connectivity index (χ2v) is 4.43. The van der Waals surface area contributed by atoms with Crippen molar-refractivity contribution in [1.82, 2.24) is 15.3 Å². The molecule has 15 heavy (non-hydrogen) atoms. The Bertz CT molecular complexity index is 393. The lowest BCUT2D eigenvalue weighted by molar-refractivity contribution is 0.645. The quantitative estimate of drug-likeness (QED) is 0.778. The highest BCUT2D eigenvalue weighted by Gasteiger charge is 2.20. The summed E-state index contributed by atoms with van der Waals surface area (Å²) in [7, 11) is 0. The Hall–Kier alpha value is -1.16. The van der Waals surface area contributed by atoms with E-state index in [2.05, 4.69) is 15.3 Å². The minimum atomic E-state index is -0.0544. The molecule has 0 radical (unpaired) electrons. The zero-order chi connectivity index (χ0) is 10.8. The van der Waals surface area contributed by atoms with E-state index in [0.29, 0.717) is 18.5 Å². The van der Waals surface area contributed by atoms with Gasteiger partial charge in [0.05, 0.1) is 12.2 Å². The van der Waals surface area contributed by atoms with Crippen molar-refractivity contribution in [2.24, 2.45) is 0 Å². The van der Waals surface area contributed by atoms with Gasteiger partial charge in [0.2, 0.25) is 0 Å². The number of rotatable bonds is 4. The average molecular weight is 207 g/mol. The van der Waals surface area contributed by atoms with Gasteiger partial charge in [0.15, 0.2) is 0 Å². The molecule has 2 rings (SSSR count). The zero-order valence-electron chi connectivity index (χ0n) is 9.21. The smallest absolute Gasteiger partial charge is 0.251 e. The van der Waals surface area contributed by atoms with E-state index in [9.17, 15) is 4.79 Å². The zero-order valence-corrected chi connectivity index (χ0v) is 9.21. The number of hydrogen-bond acceptors (Lipinski definition) is 3. The first-order chi connectivity index (χ1) is 7.15. The summed E-state index contributed by atoms with van der Waals surface area (Å²) in [5.41, 5.74) is 0.813. The molecule has 1 fully saturated rings. The first-order valence-corrected chi connectivity index (χ1v) is 5.48. The molecule has 1 aliphatic rings. The Balaban J connectivity index is 2.11. The minimum absolute atomic E-state index is 0.0544. The number of aromatic amines is 1. The Morgan fingerprint density at radius 1 is 1.60 bits per heavy atom. The van der Waals surface area contributed by atoms with Crippen molar-refractivity contribution in [3.8, 4) is 0 Å². The van der Waals surface area contributed by atoms with Gasteiger partial charge in [-0.05, 0) is 18.8 Å². The number of hydrogen-bond donors (Lipinski definition) is 2. The molecule has 2 N–H and O–H groups in total. The lowest BCUT2D eigenvalue weighted by Gasteiger charge is -2.07. The fraction of sp³-hybridized carbons (Fsp3) is 0.636. The third kappa shape index (κ3) is 2.89. The molecule has 4 nitrogen and oxygen atoms in total. The molecule has 4 heteroatoms. The van der Waals surface area contributed by atoms with Gasteiger partial charge in [-0.3, -0.25) is 4.79 Å². The van der Waals surface area contributed by atoms with Crippen LogP contribution in [-0.4, -0.2) is 16.0 Å². The first kappa shape index (κ1) is 10.4. The second kappa shape index (κ2) is 4.14. The van der Waals surface area contributed by atoms with Crippen molar-refractivity contribution in [2.75, 3.05) is 0 Å². The van der Waals surface area contributed by atoms with Crippen LogP contribution in [0.3, 0.4) is 0 Å². The molecule has 1 saturated carbocycles. The molecular formula is C11H17N3O. The molecule has 0 amide bonds. The van der Waals surface area contributed by atoms with Gasteiger partial charge in [-0.25, -0.2) is 4.98 Å². The SMILES string of the molecule is CC(C)c1cc(=O)[nH]c(CNC2CC2)n1. The van der Waals surface area contributed by atoms with E-state index < -0.39 is 0 Å². The molecule has 1 aromatic rings. The molecule has 0 aromatic carbocycles. The van der Waals surface area contributed by atoms with E-state index in [1.54, 1.807) is 6.07 Å². The van der Waals surface area contributed by atoms with Gasteiger partial charge in [0, 0.05) is 12.1 Å². The predicted molar refractivity (Wildman–Crippen MR) is 58.8 cm³/mol. The van der Waals surface area contributed by atoms with Crippen LogP contribution < -0.4 is 10.9 Å². The normalized spacial score (nSPS) is 15.9. The molecular weight excluding hydrogens is 190 g/mol. The van der Waals surface area contributed by atoms with Crippen LogP contribution in [-0.2, 0) is 6.54 Å². The van der Waals surface area contributed by atoms with Gasteiger partial charge in [-0.2, -0.15) is 0 Å². The number of aromatic nitrogens is 2. The second-order valence-electron chi connectivity index (χ2n) is 4.43. The topological polar surface area (TPSA) is 57.8 Å². The summed E-state index contributed by atoms with van der Waals surface area (Å²) in [5.74, 6) is 1.05. The summed E-state index contributed by atoms with van der Waals surface area (Å²) in [6.07, 6.45) is 2.49. The van der Waals surface area contributed by atoms with E-state index in [-0.39, 0.29) is 5.56 Å². The van der Waals surface area contributed by atoms with Crippen molar-refractivity contribution in [3.63, 3.8) is 0 Å². The van der Waals surface area contributed by atoms with E-state index in [0.717, 1.165) is 11.5 Å². The monoisotopic (exact) mass is 207 g/mol. The van der Waals surface area contributed by atoms with Crippen LogP contribution in [0, 0.1) is 0 Å². The fourth-order valence-corrected chi connectivity index (χ4v) is 1.44. The largest absolute Gasteiger partial charge is 0.309 e. The first-order valence-electron chi connectivity index (χ1n) is 5.48. The molecule has 1 aliphatic carbocycles. The summed E-state index contributed by atoms with van der Waals surface area (Å²) < 4.78 is 0. The summed E-state index contributed by atoms with van der Waals surface area (Å²) >= 11 is 0.